The minimum atomic E-state index is -3.60. The molecule has 0 aliphatic carbocycles. The number of anilines is 1. The number of aliphatic hydroxyl groups excluding tert-OH is 1. The fraction of sp³-hybridized carbons (Fsp3) is 0.167. The molecule has 0 atom stereocenters. The highest BCUT2D eigenvalue weighted by Gasteiger charge is 2.16. The summed E-state index contributed by atoms with van der Waals surface area (Å²) in [5.74, 6) is 0. The van der Waals surface area contributed by atoms with E-state index in [9.17, 15) is 8.42 Å². The topological polar surface area (TPSA) is 66.4 Å². The molecule has 2 aromatic rings. The molecule has 0 amide bonds. The number of hydrogen-bond donors (Lipinski definition) is 2. The van der Waals surface area contributed by atoms with Gasteiger partial charge in [0.1, 0.15) is 0 Å². The van der Waals surface area contributed by atoms with Gasteiger partial charge in [0.15, 0.2) is 0 Å². The molecule has 0 spiro atoms. The number of aliphatic hydroxyl groups is 1. The van der Waals surface area contributed by atoms with Gasteiger partial charge in [-0.25, -0.2) is 8.42 Å². The van der Waals surface area contributed by atoms with Crippen molar-refractivity contribution in [2.24, 2.45) is 0 Å². The zero-order valence-corrected chi connectivity index (χ0v) is 13.3. The van der Waals surface area contributed by atoms with Crippen LogP contribution in [0.15, 0.2) is 39.0 Å². The Balaban J connectivity index is 2.28. The molecule has 1 heterocycles. The van der Waals surface area contributed by atoms with Crippen molar-refractivity contribution in [3.05, 3.63) is 44.6 Å². The van der Waals surface area contributed by atoms with Crippen LogP contribution in [-0.4, -0.2) is 13.5 Å². The third-order valence-electron chi connectivity index (χ3n) is 2.52. The molecule has 102 valence electrons. The van der Waals surface area contributed by atoms with Crippen LogP contribution >= 0.6 is 27.3 Å². The molecule has 0 bridgehead atoms. The van der Waals surface area contributed by atoms with Gasteiger partial charge in [-0.05, 0) is 30.7 Å². The number of halogens is 1. The summed E-state index contributed by atoms with van der Waals surface area (Å²) in [6.07, 6.45) is 0. The van der Waals surface area contributed by atoms with Gasteiger partial charge in [0.05, 0.1) is 11.5 Å². The molecule has 0 saturated heterocycles. The van der Waals surface area contributed by atoms with E-state index in [-0.39, 0.29) is 11.5 Å². The lowest BCUT2D eigenvalue weighted by molar-refractivity contribution is 0.285. The van der Waals surface area contributed by atoms with E-state index in [1.807, 2.05) is 13.0 Å². The zero-order valence-electron chi connectivity index (χ0n) is 10.1. The second-order valence-electron chi connectivity index (χ2n) is 3.98. The Morgan fingerprint density at radius 2 is 2.11 bits per heavy atom. The van der Waals surface area contributed by atoms with Crippen LogP contribution in [0.4, 0.5) is 5.69 Å². The third kappa shape index (κ3) is 3.36. The van der Waals surface area contributed by atoms with Crippen LogP contribution in [0.1, 0.15) is 10.4 Å². The summed E-state index contributed by atoms with van der Waals surface area (Å²) in [4.78, 5) is 0.781. The fourth-order valence-corrected chi connectivity index (χ4v) is 4.02. The van der Waals surface area contributed by atoms with Crippen molar-refractivity contribution < 1.29 is 13.5 Å². The number of benzene rings is 1. The summed E-state index contributed by atoms with van der Waals surface area (Å²) in [6.45, 7) is 1.77. The van der Waals surface area contributed by atoms with Crippen LogP contribution in [0.3, 0.4) is 0 Å². The Hall–Kier alpha value is -0.890. The van der Waals surface area contributed by atoms with Crippen LogP contribution in [0.5, 0.6) is 0 Å². The van der Waals surface area contributed by atoms with Crippen LogP contribution in [0.25, 0.3) is 0 Å². The minimum absolute atomic E-state index is 0.156. The van der Waals surface area contributed by atoms with E-state index in [1.54, 1.807) is 12.1 Å². The summed E-state index contributed by atoms with van der Waals surface area (Å²) in [7, 11) is -3.60. The molecule has 2 rings (SSSR count). The van der Waals surface area contributed by atoms with Crippen LogP contribution < -0.4 is 4.72 Å². The van der Waals surface area contributed by atoms with Crippen molar-refractivity contribution in [1.82, 2.24) is 0 Å². The molecule has 0 saturated carbocycles. The monoisotopic (exact) mass is 361 g/mol. The summed E-state index contributed by atoms with van der Waals surface area (Å²) in [6, 6.07) is 6.72. The number of thiophene rings is 1. The van der Waals surface area contributed by atoms with Crippen molar-refractivity contribution in [3.8, 4) is 0 Å². The Bertz CT molecular complexity index is 695. The van der Waals surface area contributed by atoms with E-state index >= 15 is 0 Å². The number of hydrogen-bond acceptors (Lipinski definition) is 4. The number of nitrogens with one attached hydrogen (secondary N) is 1. The molecular formula is C12H12BrNO3S2. The summed E-state index contributed by atoms with van der Waals surface area (Å²) < 4.78 is 27.6. The smallest absolute Gasteiger partial charge is 0.262 e. The lowest BCUT2D eigenvalue weighted by Crippen LogP contribution is -2.12. The molecule has 0 unspecified atom stereocenters. The second kappa shape index (κ2) is 5.62. The standard InChI is InChI=1S/C12H12BrNO3S2/c1-8-2-3-9(4-12(8)13)14-19(16,17)11-5-10(6-15)18-7-11/h2-5,7,14-15H,6H2,1H3. The first-order valence-electron chi connectivity index (χ1n) is 5.39. The molecule has 0 radical (unpaired) electrons. The first-order valence-corrected chi connectivity index (χ1v) is 8.55. The Kier molecular flexibility index (Phi) is 4.29. The van der Waals surface area contributed by atoms with Gasteiger partial charge in [0, 0.05) is 20.4 Å². The Morgan fingerprint density at radius 3 is 2.68 bits per heavy atom. The highest BCUT2D eigenvalue weighted by Crippen LogP contribution is 2.25. The molecule has 19 heavy (non-hydrogen) atoms. The van der Waals surface area contributed by atoms with Crippen LogP contribution in [0.2, 0.25) is 0 Å². The van der Waals surface area contributed by atoms with Crippen molar-refractivity contribution in [3.63, 3.8) is 0 Å². The quantitative estimate of drug-likeness (QED) is 0.878. The van der Waals surface area contributed by atoms with Crippen LogP contribution in [-0.2, 0) is 16.6 Å². The van der Waals surface area contributed by atoms with Gasteiger partial charge in [-0.2, -0.15) is 0 Å². The lowest BCUT2D eigenvalue weighted by atomic mass is 10.2. The number of rotatable bonds is 4. The van der Waals surface area contributed by atoms with Gasteiger partial charge in [0.25, 0.3) is 10.0 Å². The second-order valence-corrected chi connectivity index (χ2v) is 7.51. The molecule has 1 aromatic carbocycles. The Morgan fingerprint density at radius 1 is 1.37 bits per heavy atom. The normalized spacial score (nSPS) is 11.5. The predicted molar refractivity (Wildman–Crippen MR) is 79.9 cm³/mol. The van der Waals surface area contributed by atoms with Gasteiger partial charge in [0.2, 0.25) is 0 Å². The Labute approximate surface area is 124 Å². The molecule has 4 nitrogen and oxygen atoms in total. The van der Waals surface area contributed by atoms with Gasteiger partial charge >= 0.3 is 0 Å². The van der Waals surface area contributed by atoms with Crippen LogP contribution in [0, 0.1) is 6.92 Å². The van der Waals surface area contributed by atoms with Crippen molar-refractivity contribution in [1.29, 1.82) is 0 Å². The molecular weight excluding hydrogens is 350 g/mol. The lowest BCUT2D eigenvalue weighted by Gasteiger charge is -2.08. The average molecular weight is 362 g/mol. The number of sulfonamides is 1. The predicted octanol–water partition coefficient (Wildman–Crippen LogP) is 3.11. The van der Waals surface area contributed by atoms with Gasteiger partial charge < -0.3 is 5.11 Å². The van der Waals surface area contributed by atoms with E-state index in [1.165, 1.54) is 22.8 Å². The maximum Gasteiger partial charge on any atom is 0.262 e. The van der Waals surface area contributed by atoms with Crippen molar-refractivity contribution >= 4 is 43.0 Å². The van der Waals surface area contributed by atoms with Crippen molar-refractivity contribution in [2.45, 2.75) is 18.4 Å². The largest absolute Gasteiger partial charge is 0.391 e. The van der Waals surface area contributed by atoms with E-state index in [0.29, 0.717) is 10.6 Å². The maximum atomic E-state index is 12.1. The van der Waals surface area contributed by atoms with E-state index in [0.717, 1.165) is 10.0 Å². The molecule has 0 fully saturated rings. The first-order chi connectivity index (χ1) is 8.92. The highest BCUT2D eigenvalue weighted by atomic mass is 79.9. The minimum Gasteiger partial charge on any atom is -0.391 e. The van der Waals surface area contributed by atoms with Crippen molar-refractivity contribution in [2.75, 3.05) is 4.72 Å². The summed E-state index contributed by atoms with van der Waals surface area (Å²) >= 11 is 4.57. The average Bonchev–Trinajstić information content (AvgIpc) is 2.83. The zero-order chi connectivity index (χ0) is 14.0. The van der Waals surface area contributed by atoms with E-state index < -0.39 is 10.0 Å². The molecule has 2 N–H and O–H groups in total. The SMILES string of the molecule is Cc1ccc(NS(=O)(=O)c2csc(CO)c2)cc1Br. The fourth-order valence-electron chi connectivity index (χ4n) is 1.45. The highest BCUT2D eigenvalue weighted by molar-refractivity contribution is 9.10. The van der Waals surface area contributed by atoms with Gasteiger partial charge in [-0.3, -0.25) is 4.72 Å². The first kappa shape index (κ1) is 14.5. The van der Waals surface area contributed by atoms with E-state index in [4.69, 9.17) is 5.11 Å². The third-order valence-corrected chi connectivity index (χ3v) is 5.81. The van der Waals surface area contributed by atoms with Gasteiger partial charge in [-0.15, -0.1) is 11.3 Å². The molecule has 1 aromatic heterocycles. The van der Waals surface area contributed by atoms with Gasteiger partial charge in [-0.1, -0.05) is 22.0 Å². The number of aryl methyl sites for hydroxylation is 1. The summed E-state index contributed by atoms with van der Waals surface area (Å²) in [5.41, 5.74) is 1.52. The molecule has 7 heteroatoms. The summed E-state index contributed by atoms with van der Waals surface area (Å²) in [5, 5.41) is 10.5. The maximum absolute atomic E-state index is 12.1. The van der Waals surface area contributed by atoms with E-state index in [2.05, 4.69) is 20.7 Å². The molecule has 0 aliphatic rings. The molecule has 0 aliphatic heterocycles.